The first-order valence-electron chi connectivity index (χ1n) is 9.91. The molecule has 1 aromatic heterocycles. The van der Waals surface area contributed by atoms with Crippen molar-refractivity contribution in [3.05, 3.63) is 59.8 Å². The number of ether oxygens (including phenoxy) is 1. The van der Waals surface area contributed by atoms with E-state index in [4.69, 9.17) is 4.74 Å². The van der Waals surface area contributed by atoms with Gasteiger partial charge in [-0.1, -0.05) is 36.4 Å². The molecule has 0 spiro atoms. The predicted octanol–water partition coefficient (Wildman–Crippen LogP) is 4.79. The highest BCUT2D eigenvalue weighted by molar-refractivity contribution is 5.68. The number of aromatic nitrogens is 1. The number of carbonyl (C=O) groups excluding carboxylic acids is 1. The predicted molar refractivity (Wildman–Crippen MR) is 108 cm³/mol. The second kappa shape index (κ2) is 9.40. The summed E-state index contributed by atoms with van der Waals surface area (Å²) in [7, 11) is 0. The Morgan fingerprint density at radius 1 is 1.15 bits per heavy atom. The summed E-state index contributed by atoms with van der Waals surface area (Å²) >= 11 is 0. The molecule has 0 N–H and O–H groups in total. The fourth-order valence-electron chi connectivity index (χ4n) is 3.63. The lowest BCUT2D eigenvalue weighted by atomic mass is 9.97. The van der Waals surface area contributed by atoms with Gasteiger partial charge in [-0.15, -0.1) is 0 Å². The maximum Gasteiger partial charge on any atom is 0.410 e. The fraction of sp³-hybridized carbons (Fsp3) is 0.455. The Labute approximate surface area is 162 Å². The molecule has 1 saturated heterocycles. The van der Waals surface area contributed by atoms with Gasteiger partial charge in [0, 0.05) is 25.8 Å². The number of hydrogen-bond donors (Lipinski definition) is 0. The minimum Gasteiger partial charge on any atom is -0.445 e. The van der Waals surface area contributed by atoms with Crippen molar-refractivity contribution in [2.24, 2.45) is 0 Å². The van der Waals surface area contributed by atoms with Crippen molar-refractivity contribution in [3.63, 3.8) is 0 Å². The average molecular weight is 367 g/mol. The van der Waals surface area contributed by atoms with Crippen LogP contribution in [0.25, 0.3) is 0 Å². The van der Waals surface area contributed by atoms with Crippen LogP contribution in [0.2, 0.25) is 0 Å². The minimum absolute atomic E-state index is 0.0419. The second-order valence-corrected chi connectivity index (χ2v) is 6.87. The summed E-state index contributed by atoms with van der Waals surface area (Å²) in [6.45, 7) is 7.17. The lowest BCUT2D eigenvalue weighted by molar-refractivity contribution is 0.0678. The summed E-state index contributed by atoms with van der Waals surface area (Å²) in [5, 5.41) is 0. The summed E-state index contributed by atoms with van der Waals surface area (Å²) < 4.78 is 5.57. The molecule has 5 heteroatoms. The number of rotatable bonds is 6. The van der Waals surface area contributed by atoms with Crippen molar-refractivity contribution in [1.29, 1.82) is 0 Å². The Morgan fingerprint density at radius 2 is 1.93 bits per heavy atom. The summed E-state index contributed by atoms with van der Waals surface area (Å²) in [5.41, 5.74) is 2.09. The lowest BCUT2D eigenvalue weighted by Gasteiger charge is -2.35. The monoisotopic (exact) mass is 367 g/mol. The van der Waals surface area contributed by atoms with Crippen molar-refractivity contribution in [1.82, 2.24) is 9.88 Å². The van der Waals surface area contributed by atoms with Gasteiger partial charge in [-0.3, -0.25) is 0 Å². The first-order valence-corrected chi connectivity index (χ1v) is 9.91. The number of anilines is 1. The van der Waals surface area contributed by atoms with Gasteiger partial charge in [-0.25, -0.2) is 9.78 Å². The number of hydrogen-bond acceptors (Lipinski definition) is 4. The number of nitrogens with zero attached hydrogens (tertiary/aromatic N) is 3. The Bertz CT molecular complexity index is 714. The zero-order valence-corrected chi connectivity index (χ0v) is 16.3. The van der Waals surface area contributed by atoms with Gasteiger partial charge in [0.2, 0.25) is 0 Å². The van der Waals surface area contributed by atoms with E-state index in [2.05, 4.69) is 35.9 Å². The van der Waals surface area contributed by atoms with Crippen molar-refractivity contribution in [2.45, 2.75) is 45.8 Å². The lowest BCUT2D eigenvalue weighted by Crippen LogP contribution is -2.38. The van der Waals surface area contributed by atoms with Crippen molar-refractivity contribution < 1.29 is 9.53 Å². The highest BCUT2D eigenvalue weighted by Crippen LogP contribution is 2.31. The van der Waals surface area contributed by atoms with Crippen LogP contribution in [0.4, 0.5) is 10.6 Å². The molecule has 1 aliphatic rings. The third kappa shape index (κ3) is 4.79. The Hall–Kier alpha value is -2.56. The molecule has 1 fully saturated rings. The zero-order valence-electron chi connectivity index (χ0n) is 16.3. The molecule has 5 nitrogen and oxygen atoms in total. The van der Waals surface area contributed by atoms with Crippen molar-refractivity contribution in [3.8, 4) is 0 Å². The van der Waals surface area contributed by atoms with Crippen LogP contribution in [-0.2, 0) is 11.3 Å². The maximum atomic E-state index is 12.7. The molecule has 0 unspecified atom stereocenters. The van der Waals surface area contributed by atoms with Crippen LogP contribution < -0.4 is 4.90 Å². The van der Waals surface area contributed by atoms with E-state index >= 15 is 0 Å². The molecular formula is C22H29N3O2. The van der Waals surface area contributed by atoms with E-state index < -0.39 is 0 Å². The van der Waals surface area contributed by atoms with E-state index in [9.17, 15) is 4.79 Å². The van der Waals surface area contributed by atoms with Crippen LogP contribution >= 0.6 is 0 Å². The standard InChI is InChI=1S/C22H29N3O2/c1-3-24(4-2)21-14-13-19(16-23-21)20-12-8-9-15-25(20)22(26)27-17-18-10-6-5-7-11-18/h5-7,10-11,13-14,16,20H,3-4,8-9,12,15,17H2,1-2H3/t20-/m1/s1. The molecule has 27 heavy (non-hydrogen) atoms. The first-order chi connectivity index (χ1) is 13.2. The normalized spacial score (nSPS) is 16.8. The molecule has 0 aliphatic carbocycles. The van der Waals surface area contributed by atoms with E-state index in [0.717, 1.165) is 55.8 Å². The number of piperidine rings is 1. The van der Waals surface area contributed by atoms with Gasteiger partial charge in [0.1, 0.15) is 12.4 Å². The number of likely N-dealkylation sites (tertiary alicyclic amines) is 1. The summed E-state index contributed by atoms with van der Waals surface area (Å²) in [6.07, 6.45) is 4.76. The largest absolute Gasteiger partial charge is 0.445 e. The van der Waals surface area contributed by atoms with Crippen molar-refractivity contribution in [2.75, 3.05) is 24.5 Å². The van der Waals surface area contributed by atoms with Gasteiger partial charge in [-0.2, -0.15) is 0 Å². The van der Waals surface area contributed by atoms with Crippen LogP contribution in [0.15, 0.2) is 48.7 Å². The highest BCUT2D eigenvalue weighted by Gasteiger charge is 2.29. The van der Waals surface area contributed by atoms with Gasteiger partial charge in [0.05, 0.1) is 6.04 Å². The third-order valence-corrected chi connectivity index (χ3v) is 5.19. The second-order valence-electron chi connectivity index (χ2n) is 6.87. The van der Waals surface area contributed by atoms with Gasteiger partial charge in [0.25, 0.3) is 0 Å². The summed E-state index contributed by atoms with van der Waals surface area (Å²) in [5.74, 6) is 0.984. The molecule has 0 radical (unpaired) electrons. The highest BCUT2D eigenvalue weighted by atomic mass is 16.6. The Kier molecular flexibility index (Phi) is 6.69. The van der Waals surface area contributed by atoms with E-state index in [0.29, 0.717) is 6.61 Å². The van der Waals surface area contributed by atoms with Gasteiger partial charge >= 0.3 is 6.09 Å². The van der Waals surface area contributed by atoms with Gasteiger partial charge in [-0.05, 0) is 50.3 Å². The number of pyridine rings is 1. The van der Waals surface area contributed by atoms with Crippen LogP contribution in [0.5, 0.6) is 0 Å². The van der Waals surface area contributed by atoms with Crippen LogP contribution in [-0.4, -0.2) is 35.6 Å². The molecule has 1 aromatic carbocycles. The van der Waals surface area contributed by atoms with Crippen LogP contribution in [0, 0.1) is 0 Å². The molecule has 144 valence electrons. The van der Waals surface area contributed by atoms with E-state index in [1.807, 2.05) is 41.4 Å². The van der Waals surface area contributed by atoms with E-state index in [1.54, 1.807) is 0 Å². The topological polar surface area (TPSA) is 45.7 Å². The minimum atomic E-state index is -0.239. The van der Waals surface area contributed by atoms with Gasteiger partial charge in [0.15, 0.2) is 0 Å². The first kappa shape index (κ1) is 19.2. The number of benzene rings is 1. The molecule has 1 aliphatic heterocycles. The molecule has 0 bridgehead atoms. The fourth-order valence-corrected chi connectivity index (χ4v) is 3.63. The maximum absolute atomic E-state index is 12.7. The Morgan fingerprint density at radius 3 is 2.59 bits per heavy atom. The summed E-state index contributed by atoms with van der Waals surface area (Å²) in [4.78, 5) is 21.4. The quantitative estimate of drug-likeness (QED) is 0.736. The SMILES string of the molecule is CCN(CC)c1ccc([C@H]2CCCCN2C(=O)OCc2ccccc2)cn1. The molecule has 2 heterocycles. The number of carbonyl (C=O) groups is 1. The van der Waals surface area contributed by atoms with Crippen LogP contribution in [0.3, 0.4) is 0 Å². The van der Waals surface area contributed by atoms with Gasteiger partial charge < -0.3 is 14.5 Å². The number of amides is 1. The molecule has 2 aromatic rings. The van der Waals surface area contributed by atoms with Crippen LogP contribution in [0.1, 0.15) is 50.3 Å². The average Bonchev–Trinajstić information content (AvgIpc) is 2.74. The Balaban J connectivity index is 1.68. The van der Waals surface area contributed by atoms with E-state index in [-0.39, 0.29) is 12.1 Å². The zero-order chi connectivity index (χ0) is 19.1. The third-order valence-electron chi connectivity index (χ3n) is 5.19. The van der Waals surface area contributed by atoms with Crippen molar-refractivity contribution >= 4 is 11.9 Å². The molecular weight excluding hydrogens is 338 g/mol. The summed E-state index contributed by atoms with van der Waals surface area (Å²) in [6, 6.07) is 14.0. The molecule has 1 atom stereocenters. The molecule has 3 rings (SSSR count). The molecule has 0 saturated carbocycles. The smallest absolute Gasteiger partial charge is 0.410 e. The molecule has 1 amide bonds. The van der Waals surface area contributed by atoms with E-state index in [1.165, 1.54) is 0 Å².